The van der Waals surface area contributed by atoms with Crippen LogP contribution in [0.25, 0.3) is 0 Å². The van der Waals surface area contributed by atoms with Crippen LogP contribution in [0.5, 0.6) is 0 Å². The zero-order valence-corrected chi connectivity index (χ0v) is 15.1. The minimum absolute atomic E-state index is 0.0846. The SMILES string of the molecule is CCP(=O)(O)OCCOCCCSSCCCOCCO. The summed E-state index contributed by atoms with van der Waals surface area (Å²) in [4.78, 5) is 9.16. The molecule has 0 rings (SSSR count). The minimum atomic E-state index is -3.37. The summed E-state index contributed by atoms with van der Waals surface area (Å²) >= 11 is 0. The number of hydrogen-bond donors (Lipinski definition) is 2. The van der Waals surface area contributed by atoms with E-state index in [1.165, 1.54) is 0 Å². The lowest BCUT2D eigenvalue weighted by atomic mass is 10.5. The molecule has 0 aliphatic rings. The minimum Gasteiger partial charge on any atom is -0.394 e. The van der Waals surface area contributed by atoms with Crippen molar-refractivity contribution >= 4 is 29.2 Å². The van der Waals surface area contributed by atoms with Gasteiger partial charge in [0.05, 0.1) is 26.4 Å². The third kappa shape index (κ3) is 16.9. The van der Waals surface area contributed by atoms with Crippen LogP contribution in [-0.4, -0.2) is 67.3 Å². The van der Waals surface area contributed by atoms with Crippen LogP contribution in [0.4, 0.5) is 0 Å². The molecule has 9 heteroatoms. The second-order valence-corrected chi connectivity index (χ2v) is 8.95. The molecule has 21 heavy (non-hydrogen) atoms. The molecule has 2 N–H and O–H groups in total. The number of ether oxygens (including phenoxy) is 2. The highest BCUT2D eigenvalue weighted by atomic mass is 33.1. The largest absolute Gasteiger partial charge is 0.394 e. The van der Waals surface area contributed by atoms with Crippen molar-refractivity contribution in [3.63, 3.8) is 0 Å². The summed E-state index contributed by atoms with van der Waals surface area (Å²) in [7, 11) is 0.245. The maximum atomic E-state index is 11.2. The van der Waals surface area contributed by atoms with Crippen molar-refractivity contribution in [1.29, 1.82) is 0 Å². The summed E-state index contributed by atoms with van der Waals surface area (Å²) in [5, 5.41) is 8.52. The second kappa shape index (κ2) is 15.6. The maximum absolute atomic E-state index is 11.2. The predicted octanol–water partition coefficient (Wildman–Crippen LogP) is 2.40. The molecule has 1 unspecified atom stereocenters. The van der Waals surface area contributed by atoms with E-state index < -0.39 is 7.60 Å². The van der Waals surface area contributed by atoms with E-state index in [4.69, 9.17) is 24.0 Å². The molecule has 0 bridgehead atoms. The van der Waals surface area contributed by atoms with Crippen LogP contribution in [0.2, 0.25) is 0 Å². The molecule has 1 atom stereocenters. The Morgan fingerprint density at radius 2 is 1.52 bits per heavy atom. The standard InChI is InChI=1S/C12H27O6PS2/c1-2-19(14,15)18-10-9-17-7-4-12-21-20-11-3-6-16-8-5-13/h13H,2-12H2,1H3,(H,14,15). The highest BCUT2D eigenvalue weighted by Gasteiger charge is 2.14. The summed E-state index contributed by atoms with van der Waals surface area (Å²) in [6, 6.07) is 0. The molecule has 0 radical (unpaired) electrons. The van der Waals surface area contributed by atoms with Gasteiger partial charge >= 0.3 is 7.60 Å². The Morgan fingerprint density at radius 3 is 2.05 bits per heavy atom. The molecule has 0 heterocycles. The van der Waals surface area contributed by atoms with Gasteiger partial charge in [-0.15, -0.1) is 0 Å². The fraction of sp³-hybridized carbons (Fsp3) is 1.00. The third-order valence-electron chi connectivity index (χ3n) is 2.27. The average molecular weight is 362 g/mol. The molecular formula is C12H27O6PS2. The Kier molecular flexibility index (Phi) is 16.2. The molecular weight excluding hydrogens is 335 g/mol. The molecule has 0 saturated heterocycles. The van der Waals surface area contributed by atoms with E-state index in [1.807, 2.05) is 10.8 Å². The van der Waals surface area contributed by atoms with E-state index in [-0.39, 0.29) is 19.4 Å². The zero-order valence-electron chi connectivity index (χ0n) is 12.6. The highest BCUT2D eigenvalue weighted by molar-refractivity contribution is 8.76. The summed E-state index contributed by atoms with van der Waals surface area (Å²) in [6.07, 6.45) is 2.07. The van der Waals surface area contributed by atoms with Crippen LogP contribution in [0.15, 0.2) is 0 Å². The van der Waals surface area contributed by atoms with Crippen LogP contribution in [0.1, 0.15) is 19.8 Å². The Labute approximate surface area is 135 Å². The van der Waals surface area contributed by atoms with Crippen molar-refractivity contribution in [2.45, 2.75) is 19.8 Å². The van der Waals surface area contributed by atoms with Gasteiger partial charge in [-0.1, -0.05) is 28.5 Å². The fourth-order valence-corrected chi connectivity index (χ4v) is 3.82. The highest BCUT2D eigenvalue weighted by Crippen LogP contribution is 2.40. The van der Waals surface area contributed by atoms with Crippen molar-refractivity contribution in [2.75, 3.05) is 57.3 Å². The molecule has 128 valence electrons. The fourth-order valence-electron chi connectivity index (χ4n) is 1.16. The molecule has 0 saturated carbocycles. The smallest absolute Gasteiger partial charge is 0.327 e. The van der Waals surface area contributed by atoms with Gasteiger partial charge in [-0.2, -0.15) is 0 Å². The lowest BCUT2D eigenvalue weighted by Crippen LogP contribution is -2.05. The molecule has 0 fully saturated rings. The Balaban J connectivity index is 3.08. The van der Waals surface area contributed by atoms with Crippen LogP contribution in [0, 0.1) is 0 Å². The van der Waals surface area contributed by atoms with E-state index >= 15 is 0 Å². The van der Waals surface area contributed by atoms with Crippen LogP contribution in [0.3, 0.4) is 0 Å². The van der Waals surface area contributed by atoms with E-state index in [2.05, 4.69) is 0 Å². The normalized spacial score (nSPS) is 14.2. The quantitative estimate of drug-likeness (QED) is 0.246. The van der Waals surface area contributed by atoms with Crippen LogP contribution >= 0.6 is 29.2 Å². The molecule has 0 aromatic carbocycles. The van der Waals surface area contributed by atoms with Crippen molar-refractivity contribution in [3.05, 3.63) is 0 Å². The lowest BCUT2D eigenvalue weighted by Gasteiger charge is -2.09. The van der Waals surface area contributed by atoms with Crippen molar-refractivity contribution in [3.8, 4) is 0 Å². The lowest BCUT2D eigenvalue weighted by molar-refractivity contribution is 0.0933. The summed E-state index contributed by atoms with van der Waals surface area (Å²) in [5.41, 5.74) is 0. The maximum Gasteiger partial charge on any atom is 0.327 e. The van der Waals surface area contributed by atoms with Gasteiger partial charge in [0, 0.05) is 30.9 Å². The van der Waals surface area contributed by atoms with E-state index in [0.717, 1.165) is 24.3 Å². The molecule has 6 nitrogen and oxygen atoms in total. The van der Waals surface area contributed by atoms with Crippen molar-refractivity contribution in [1.82, 2.24) is 0 Å². The van der Waals surface area contributed by atoms with Gasteiger partial charge in [-0.3, -0.25) is 4.57 Å². The first-order valence-corrected chi connectivity index (χ1v) is 11.3. The van der Waals surface area contributed by atoms with Crippen molar-refractivity contribution in [2.24, 2.45) is 0 Å². The van der Waals surface area contributed by atoms with E-state index in [9.17, 15) is 4.57 Å². The van der Waals surface area contributed by atoms with Gasteiger partial charge in [-0.05, 0) is 12.8 Å². The number of aliphatic hydroxyl groups is 1. The molecule has 0 amide bonds. The van der Waals surface area contributed by atoms with Gasteiger partial charge in [0.25, 0.3) is 0 Å². The van der Waals surface area contributed by atoms with Gasteiger partial charge in [0.2, 0.25) is 0 Å². The molecule has 0 aromatic heterocycles. The van der Waals surface area contributed by atoms with Gasteiger partial charge in [0.15, 0.2) is 0 Å². The summed E-state index contributed by atoms with van der Waals surface area (Å²) in [6.45, 7) is 3.98. The molecule has 0 aliphatic heterocycles. The second-order valence-electron chi connectivity index (χ2n) is 4.09. The van der Waals surface area contributed by atoms with Crippen molar-refractivity contribution < 1.29 is 28.6 Å². The molecule has 0 aliphatic carbocycles. The third-order valence-corrected chi connectivity index (χ3v) is 6.23. The Bertz CT molecular complexity index is 270. The number of hydrogen-bond acceptors (Lipinski definition) is 7. The molecule has 0 aromatic rings. The van der Waals surface area contributed by atoms with Gasteiger partial charge in [-0.25, -0.2) is 0 Å². The van der Waals surface area contributed by atoms with E-state index in [0.29, 0.717) is 26.4 Å². The van der Waals surface area contributed by atoms with Gasteiger partial charge < -0.3 is 24.0 Å². The average Bonchev–Trinajstić information content (AvgIpc) is 2.47. The first-order valence-electron chi connectivity index (χ1n) is 7.09. The molecule has 0 spiro atoms. The Morgan fingerprint density at radius 1 is 0.952 bits per heavy atom. The Hall–Kier alpha value is 0.730. The first-order chi connectivity index (χ1) is 10.1. The number of aliphatic hydroxyl groups excluding tert-OH is 1. The van der Waals surface area contributed by atoms with Crippen LogP contribution < -0.4 is 0 Å². The monoisotopic (exact) mass is 362 g/mol. The zero-order chi connectivity index (χ0) is 15.8. The number of rotatable bonds is 16. The van der Waals surface area contributed by atoms with E-state index in [1.54, 1.807) is 17.7 Å². The van der Waals surface area contributed by atoms with Crippen LogP contribution in [-0.2, 0) is 18.6 Å². The predicted molar refractivity (Wildman–Crippen MR) is 89.2 cm³/mol. The summed E-state index contributed by atoms with van der Waals surface area (Å²) < 4.78 is 26.5. The van der Waals surface area contributed by atoms with Gasteiger partial charge in [0.1, 0.15) is 0 Å². The first kappa shape index (κ1) is 21.7. The summed E-state index contributed by atoms with van der Waals surface area (Å²) in [5.74, 6) is 2.05. The topological polar surface area (TPSA) is 85.2 Å².